The summed E-state index contributed by atoms with van der Waals surface area (Å²) in [5.74, 6) is 0. The first kappa shape index (κ1) is 16.7. The van der Waals surface area contributed by atoms with Gasteiger partial charge >= 0.3 is 0 Å². The summed E-state index contributed by atoms with van der Waals surface area (Å²) in [4.78, 5) is 2.43. The van der Waals surface area contributed by atoms with E-state index in [0.717, 1.165) is 10.9 Å². The zero-order valence-electron chi connectivity index (χ0n) is 12.6. The van der Waals surface area contributed by atoms with Crippen molar-refractivity contribution in [2.45, 2.75) is 58.2 Å². The molecule has 3 unspecified atom stereocenters. The molecular weight excluding hydrogens is 300 g/mol. The summed E-state index contributed by atoms with van der Waals surface area (Å²) in [6, 6.07) is 9.58. The van der Waals surface area contributed by atoms with Crippen LogP contribution in [0.5, 0.6) is 0 Å². The molecule has 0 bridgehead atoms. The molecule has 0 aliphatic heterocycles. The minimum Gasteiger partial charge on any atom is -0.326 e. The number of rotatable bonds is 7. The predicted octanol–water partition coefficient (Wildman–Crippen LogP) is 4.35. The highest BCUT2D eigenvalue weighted by Crippen LogP contribution is 2.27. The normalized spacial score (nSPS) is 16.4. The van der Waals surface area contributed by atoms with Crippen molar-refractivity contribution >= 4 is 15.9 Å². The zero-order valence-corrected chi connectivity index (χ0v) is 14.2. The van der Waals surface area contributed by atoms with Gasteiger partial charge < -0.3 is 5.73 Å². The van der Waals surface area contributed by atoms with Gasteiger partial charge in [-0.15, -0.1) is 0 Å². The Labute approximate surface area is 126 Å². The van der Waals surface area contributed by atoms with E-state index in [1.165, 1.54) is 18.4 Å². The molecular formula is C16H27BrN2. The third-order valence-electron chi connectivity index (χ3n) is 3.93. The molecule has 0 spiro atoms. The number of benzene rings is 1. The average Bonchev–Trinajstić information content (AvgIpc) is 2.41. The van der Waals surface area contributed by atoms with Crippen LogP contribution in [-0.4, -0.2) is 24.0 Å². The van der Waals surface area contributed by atoms with Crippen molar-refractivity contribution < 1.29 is 0 Å². The third kappa shape index (κ3) is 4.59. The van der Waals surface area contributed by atoms with Crippen LogP contribution in [0.25, 0.3) is 0 Å². The van der Waals surface area contributed by atoms with E-state index in [1.807, 2.05) is 0 Å². The molecule has 2 N–H and O–H groups in total. The fourth-order valence-corrected chi connectivity index (χ4v) is 2.83. The highest BCUT2D eigenvalue weighted by molar-refractivity contribution is 9.10. The fourth-order valence-electron chi connectivity index (χ4n) is 2.56. The van der Waals surface area contributed by atoms with Crippen molar-refractivity contribution in [1.82, 2.24) is 4.90 Å². The molecule has 0 saturated heterocycles. The highest BCUT2D eigenvalue weighted by Gasteiger charge is 2.25. The molecule has 1 aromatic carbocycles. The second kappa shape index (κ2) is 8.03. The second-order valence-electron chi connectivity index (χ2n) is 5.37. The molecule has 0 aliphatic carbocycles. The van der Waals surface area contributed by atoms with Crippen LogP contribution >= 0.6 is 15.9 Å². The molecule has 0 radical (unpaired) electrons. The van der Waals surface area contributed by atoms with Crippen molar-refractivity contribution in [2.24, 2.45) is 5.73 Å². The van der Waals surface area contributed by atoms with Crippen LogP contribution in [0.1, 0.15) is 51.6 Å². The number of nitrogens with two attached hydrogens (primary N) is 1. The van der Waals surface area contributed by atoms with Gasteiger partial charge in [-0.3, -0.25) is 4.90 Å². The van der Waals surface area contributed by atoms with E-state index in [0.29, 0.717) is 12.1 Å². The van der Waals surface area contributed by atoms with Crippen LogP contribution < -0.4 is 5.73 Å². The van der Waals surface area contributed by atoms with Gasteiger partial charge in [0.15, 0.2) is 0 Å². The zero-order chi connectivity index (χ0) is 14.4. The molecule has 0 fully saturated rings. The van der Waals surface area contributed by atoms with Crippen LogP contribution in [0.2, 0.25) is 0 Å². The smallest absolute Gasteiger partial charge is 0.0498 e. The Kier molecular flexibility index (Phi) is 7.05. The van der Waals surface area contributed by atoms with Crippen LogP contribution in [-0.2, 0) is 0 Å². The first-order valence-electron chi connectivity index (χ1n) is 7.24. The summed E-state index contributed by atoms with van der Waals surface area (Å²) in [6.45, 7) is 6.69. The lowest BCUT2D eigenvalue weighted by atomic mass is 9.95. The summed E-state index contributed by atoms with van der Waals surface area (Å²) >= 11 is 3.49. The first-order valence-corrected chi connectivity index (χ1v) is 8.03. The van der Waals surface area contributed by atoms with Gasteiger partial charge in [-0.05, 0) is 44.5 Å². The van der Waals surface area contributed by atoms with Crippen molar-refractivity contribution in [3.63, 3.8) is 0 Å². The topological polar surface area (TPSA) is 29.3 Å². The van der Waals surface area contributed by atoms with Crippen LogP contribution in [0, 0.1) is 0 Å². The Morgan fingerprint density at radius 1 is 1.21 bits per heavy atom. The van der Waals surface area contributed by atoms with Gasteiger partial charge in [0.2, 0.25) is 0 Å². The maximum absolute atomic E-state index is 6.37. The van der Waals surface area contributed by atoms with E-state index < -0.39 is 0 Å². The van der Waals surface area contributed by atoms with E-state index in [1.54, 1.807) is 0 Å². The van der Waals surface area contributed by atoms with Gasteiger partial charge in [-0.1, -0.05) is 48.3 Å². The lowest BCUT2D eigenvalue weighted by Gasteiger charge is -2.37. The van der Waals surface area contributed by atoms with Gasteiger partial charge in [-0.2, -0.15) is 0 Å². The lowest BCUT2D eigenvalue weighted by Crippen LogP contribution is -2.42. The van der Waals surface area contributed by atoms with E-state index in [2.05, 4.69) is 72.9 Å². The molecule has 0 heterocycles. The second-order valence-corrected chi connectivity index (χ2v) is 6.29. The Morgan fingerprint density at radius 2 is 1.79 bits per heavy atom. The van der Waals surface area contributed by atoms with Gasteiger partial charge in [0, 0.05) is 22.6 Å². The molecule has 0 saturated carbocycles. The Hall–Kier alpha value is -0.380. The number of likely N-dealkylation sites (N-methyl/N-ethyl adjacent to an activating group) is 1. The Bertz CT molecular complexity index is 364. The molecule has 1 aromatic rings. The largest absolute Gasteiger partial charge is 0.326 e. The van der Waals surface area contributed by atoms with E-state index >= 15 is 0 Å². The van der Waals surface area contributed by atoms with Gasteiger partial charge in [0.25, 0.3) is 0 Å². The minimum absolute atomic E-state index is 0.172. The molecule has 0 aliphatic rings. The van der Waals surface area contributed by atoms with Crippen molar-refractivity contribution in [2.75, 3.05) is 7.05 Å². The lowest BCUT2D eigenvalue weighted by molar-refractivity contribution is 0.151. The predicted molar refractivity (Wildman–Crippen MR) is 87.3 cm³/mol. The fraction of sp³-hybridized carbons (Fsp3) is 0.625. The minimum atomic E-state index is 0.172. The van der Waals surface area contributed by atoms with Gasteiger partial charge in [0.1, 0.15) is 0 Å². The SMILES string of the molecule is CCCC(C)N(C)C(c1ccc(Br)cc1)C(N)CC. The summed E-state index contributed by atoms with van der Waals surface area (Å²) in [5.41, 5.74) is 7.68. The maximum atomic E-state index is 6.37. The first-order chi connectivity index (χ1) is 9.01. The van der Waals surface area contributed by atoms with Gasteiger partial charge in [-0.25, -0.2) is 0 Å². The Balaban J connectivity index is 2.97. The molecule has 1 rings (SSSR count). The van der Waals surface area contributed by atoms with Crippen molar-refractivity contribution in [3.8, 4) is 0 Å². The molecule has 3 heteroatoms. The van der Waals surface area contributed by atoms with Crippen LogP contribution in [0.4, 0.5) is 0 Å². The molecule has 108 valence electrons. The molecule has 0 aromatic heterocycles. The number of hydrogen-bond donors (Lipinski definition) is 1. The number of nitrogens with zero attached hydrogens (tertiary/aromatic N) is 1. The number of halogens is 1. The Morgan fingerprint density at radius 3 is 2.26 bits per heavy atom. The maximum Gasteiger partial charge on any atom is 0.0498 e. The highest BCUT2D eigenvalue weighted by atomic mass is 79.9. The summed E-state index contributed by atoms with van der Waals surface area (Å²) < 4.78 is 1.12. The molecule has 0 amide bonds. The quantitative estimate of drug-likeness (QED) is 0.807. The van der Waals surface area contributed by atoms with Crippen molar-refractivity contribution in [3.05, 3.63) is 34.3 Å². The standard InChI is InChI=1S/C16H27BrN2/c1-5-7-12(3)19(4)16(15(18)6-2)13-8-10-14(17)11-9-13/h8-12,15-16H,5-7,18H2,1-4H3. The van der Waals surface area contributed by atoms with E-state index in [9.17, 15) is 0 Å². The molecule has 3 atom stereocenters. The van der Waals surface area contributed by atoms with Gasteiger partial charge in [0.05, 0.1) is 0 Å². The molecule has 2 nitrogen and oxygen atoms in total. The summed E-state index contributed by atoms with van der Waals surface area (Å²) in [5, 5.41) is 0. The van der Waals surface area contributed by atoms with E-state index in [-0.39, 0.29) is 6.04 Å². The monoisotopic (exact) mass is 326 g/mol. The van der Waals surface area contributed by atoms with Crippen molar-refractivity contribution in [1.29, 1.82) is 0 Å². The summed E-state index contributed by atoms with van der Waals surface area (Å²) in [7, 11) is 2.20. The molecule has 19 heavy (non-hydrogen) atoms. The third-order valence-corrected chi connectivity index (χ3v) is 4.46. The average molecular weight is 327 g/mol. The van der Waals surface area contributed by atoms with Crippen LogP contribution in [0.3, 0.4) is 0 Å². The number of hydrogen-bond acceptors (Lipinski definition) is 2. The van der Waals surface area contributed by atoms with E-state index in [4.69, 9.17) is 5.73 Å². The van der Waals surface area contributed by atoms with Crippen LogP contribution in [0.15, 0.2) is 28.7 Å². The summed E-state index contributed by atoms with van der Waals surface area (Å²) in [6.07, 6.45) is 3.41.